The number of alkyl halides is 6. The number of amides is 2. The summed E-state index contributed by atoms with van der Waals surface area (Å²) in [6.45, 7) is 9.99. The first-order valence-corrected chi connectivity index (χ1v) is 43.5. The lowest BCUT2D eigenvalue weighted by Gasteiger charge is -2.22. The maximum absolute atomic E-state index is 14.3. The maximum Gasteiger partial charge on any atom is 0.408 e. The normalized spacial score (nSPS) is 18.8. The minimum absolute atomic E-state index is 0.120. The van der Waals surface area contributed by atoms with Crippen LogP contribution in [0, 0.1) is 31.3 Å². The van der Waals surface area contributed by atoms with Gasteiger partial charge in [0, 0.05) is 81.7 Å². The van der Waals surface area contributed by atoms with Gasteiger partial charge < -0.3 is 69.2 Å². The number of nitrogens with zero attached hydrogens (tertiary/aromatic N) is 9. The SMILES string of the molecule is CC.COc1c(N=S2(=O)CCC2)cc2ncnc(Nc3ccc(F)cc3O[C@H](C)C(=O)N[C@@H](C)C(F)(F)F)c2c1C.COc1c(N=S2(=O)CCCC2)cc2ncnc(Nc3ccc(F)cc3O[C@@H]3CO[C@H]4[C@@H]3OC[C@H]4OC)c2c1Cl.COc1c(N=S2(=O)CCCC2)cc2ncnc(Nc3ccc(F)cc3O[C@H](C)C(=O)NCC(F)(F)F)c2c1C. The third kappa shape index (κ3) is 21.4. The molecule has 0 aliphatic carbocycles. The van der Waals surface area contributed by atoms with Gasteiger partial charge in [-0.05, 0) is 121 Å². The number of fused-ring (bicyclic) bond motifs is 4. The molecule has 28 nitrogen and oxygen atoms in total. The molecule has 7 atom stereocenters. The Labute approximate surface area is 685 Å². The average molecular weight is 1750 g/mol. The van der Waals surface area contributed by atoms with Crippen molar-refractivity contribution in [2.75, 3.05) is 98.7 Å². The Morgan fingerprint density at radius 2 is 0.891 bits per heavy atom. The summed E-state index contributed by atoms with van der Waals surface area (Å²) in [4.78, 5) is 50.4. The van der Waals surface area contributed by atoms with E-state index in [-0.39, 0.29) is 75.9 Å². The van der Waals surface area contributed by atoms with Gasteiger partial charge in [0.2, 0.25) is 0 Å². The number of benzene rings is 6. The summed E-state index contributed by atoms with van der Waals surface area (Å²) in [5, 5.41) is 14.6. The number of aromatic nitrogens is 6. The van der Waals surface area contributed by atoms with Crippen molar-refractivity contribution >= 4 is 137 Å². The minimum Gasteiger partial charge on any atom is -0.494 e. The summed E-state index contributed by atoms with van der Waals surface area (Å²) < 4.78 is 222. The Kier molecular flexibility index (Phi) is 28.7. The summed E-state index contributed by atoms with van der Waals surface area (Å²) in [5.74, 6) is 1.30. The second-order valence-corrected chi connectivity index (χ2v) is 35.7. The van der Waals surface area contributed by atoms with E-state index in [2.05, 4.69) is 58.9 Å². The quantitative estimate of drug-likeness (QED) is 0.0371. The van der Waals surface area contributed by atoms with Gasteiger partial charge in [0.25, 0.3) is 11.8 Å². The lowest BCUT2D eigenvalue weighted by molar-refractivity contribution is -0.160. The summed E-state index contributed by atoms with van der Waals surface area (Å²) in [6.07, 6.45) is -4.92. The molecule has 5 aliphatic rings. The van der Waals surface area contributed by atoms with Crippen molar-refractivity contribution in [3.05, 3.63) is 125 Å². The van der Waals surface area contributed by atoms with Crippen molar-refractivity contribution in [2.45, 2.75) is 136 Å². The van der Waals surface area contributed by atoms with Crippen LogP contribution >= 0.6 is 11.6 Å². The van der Waals surface area contributed by atoms with Gasteiger partial charge >= 0.3 is 12.4 Å². The number of rotatable bonds is 23. The Morgan fingerprint density at radius 1 is 0.521 bits per heavy atom. The van der Waals surface area contributed by atoms with Gasteiger partial charge in [0.05, 0.1) is 108 Å². The summed E-state index contributed by atoms with van der Waals surface area (Å²) in [5.41, 5.74) is 4.74. The molecular weight excluding hydrogens is 1660 g/mol. The molecule has 3 aromatic heterocycles. The van der Waals surface area contributed by atoms with Crippen molar-refractivity contribution < 1.29 is 104 Å². The van der Waals surface area contributed by atoms with Gasteiger partial charge in [-0.2, -0.15) is 39.4 Å². The van der Waals surface area contributed by atoms with Crippen LogP contribution in [0.25, 0.3) is 32.7 Å². The maximum atomic E-state index is 14.3. The first-order chi connectivity index (χ1) is 56.6. The molecule has 5 N–H and O–H groups in total. The van der Waals surface area contributed by atoms with Crippen LogP contribution in [-0.4, -0.2) is 192 Å². The number of anilines is 6. The Balaban J connectivity index is 0.000000173. The molecule has 0 saturated carbocycles. The molecule has 0 spiro atoms. The first-order valence-electron chi connectivity index (χ1n) is 37.6. The van der Waals surface area contributed by atoms with Crippen molar-refractivity contribution in [1.29, 1.82) is 0 Å². The van der Waals surface area contributed by atoms with E-state index >= 15 is 0 Å². The molecule has 0 unspecified atom stereocenters. The number of carbonyl (C=O) groups is 2. The topological polar surface area (TPSA) is 343 Å². The Morgan fingerprint density at radius 3 is 1.29 bits per heavy atom. The van der Waals surface area contributed by atoms with Crippen LogP contribution in [0.3, 0.4) is 0 Å². The summed E-state index contributed by atoms with van der Waals surface area (Å²) >= 11 is 6.81. The predicted molar refractivity (Wildman–Crippen MR) is 434 cm³/mol. The van der Waals surface area contributed by atoms with Crippen LogP contribution in [0.15, 0.2) is 105 Å². The fourth-order valence-corrected chi connectivity index (χ4v) is 19.6. The lowest BCUT2D eigenvalue weighted by atomic mass is 10.1. The molecule has 0 bridgehead atoms. The number of hydrogen-bond acceptors (Lipinski definition) is 26. The molecule has 41 heteroatoms. The largest absolute Gasteiger partial charge is 0.494 e. The number of nitrogens with one attached hydrogen (secondary N) is 5. The molecule has 119 heavy (non-hydrogen) atoms. The summed E-state index contributed by atoms with van der Waals surface area (Å²) in [6, 6.07) is 14.1. The molecule has 5 saturated heterocycles. The summed E-state index contributed by atoms with van der Waals surface area (Å²) in [7, 11) is -1.05. The fourth-order valence-electron chi connectivity index (χ4n) is 13.4. The predicted octanol–water partition coefficient (Wildman–Crippen LogP) is 16.0. The zero-order valence-corrected chi connectivity index (χ0v) is 69.6. The second kappa shape index (κ2) is 38.1. The van der Waals surface area contributed by atoms with Crippen molar-refractivity contribution in [1.82, 2.24) is 40.5 Å². The zero-order valence-electron chi connectivity index (χ0n) is 66.3. The van der Waals surface area contributed by atoms with E-state index < -0.39 is 102 Å². The molecule has 9 aromatic rings. The van der Waals surface area contributed by atoms with Crippen molar-refractivity contribution in [3.63, 3.8) is 0 Å². The Bertz CT molecular complexity index is 5650. The number of halogens is 10. The van der Waals surface area contributed by atoms with E-state index in [4.69, 9.17) is 54.2 Å². The van der Waals surface area contributed by atoms with E-state index in [0.29, 0.717) is 125 Å². The van der Waals surface area contributed by atoms with Crippen LogP contribution in [0.2, 0.25) is 5.02 Å². The molecule has 2 amide bonds. The molecule has 5 fully saturated rings. The van der Waals surface area contributed by atoms with E-state index in [9.17, 15) is 61.7 Å². The molecule has 8 heterocycles. The highest BCUT2D eigenvalue weighted by Crippen LogP contribution is 2.48. The first kappa shape index (κ1) is 89.7. The van der Waals surface area contributed by atoms with E-state index in [1.54, 1.807) is 50.5 Å². The fraction of sp³-hybridized carbons (Fsp3) is 0.436. The number of methoxy groups -OCH3 is 4. The van der Waals surface area contributed by atoms with Crippen LogP contribution in [0.4, 0.5) is 91.1 Å². The van der Waals surface area contributed by atoms with Crippen molar-refractivity contribution in [3.8, 4) is 34.5 Å². The molecule has 0 radical (unpaired) electrons. The smallest absolute Gasteiger partial charge is 0.408 e. The lowest BCUT2D eigenvalue weighted by Crippen LogP contribution is -2.47. The second-order valence-electron chi connectivity index (χ2n) is 27.7. The van der Waals surface area contributed by atoms with Gasteiger partial charge in [-0.15, -0.1) is 0 Å². The third-order valence-electron chi connectivity index (χ3n) is 19.5. The standard InChI is InChI=1S/C26H28ClFN4O6S.2C25H27F4N5O4S.C2H6/c1-34-19-11-36-25-20(12-37-24(19)25)38-18-9-14(28)5-6-15(18)31-26-21-16(29-13-30-26)10-17(23(35-2)22(21)27)32-39(33)7-3-4-8-39;1-13-21-18(11-19(22(13)37-4)34-39(36)8-5-9-39)30-12-31-23(21)33-17-7-6-16(26)10-20(17)38-14(2)24(35)32-15(3)25(27,28)29;1-14-21-18(11-19(22(14)37-3)34-39(36)8-4-5-9-39)31-13-32-23(21)33-17-7-6-16(26)10-20(17)38-15(2)24(35)30-12-25(27,28)29;1-2/h5-6,9-10,13,19-20,24-25H,3-4,7-8,11-12H2,1-2H3,(H,29,30,31);6-7,10-12,14-15H,5,8-9H2,1-4H3,(H,32,35)(H,30,31,33);6-7,10-11,13,15H,4-5,8-9,12H2,1-3H3,(H,30,35)(H,31,32,33);1-2H3/t19-,20-,24-,25-;14-,15+;15-;/m111./s1. The highest BCUT2D eigenvalue weighted by molar-refractivity contribution is 7.95. The molecule has 14 rings (SSSR count). The van der Waals surface area contributed by atoms with E-state index in [0.717, 1.165) is 63.3 Å². The van der Waals surface area contributed by atoms with Crippen molar-refractivity contribution in [2.24, 2.45) is 13.1 Å². The molecule has 5 aliphatic heterocycles. The Hall–Kier alpha value is -10.1. The zero-order chi connectivity index (χ0) is 86.1. The molecular formula is C78H88ClF9N14O14S3. The molecule has 6 aromatic carbocycles. The van der Waals surface area contributed by atoms with Crippen LogP contribution < -0.4 is 55.0 Å². The van der Waals surface area contributed by atoms with E-state index in [1.165, 1.54) is 78.4 Å². The number of ether oxygens (including phenoxy) is 9. The van der Waals surface area contributed by atoms with Gasteiger partial charge in [0.1, 0.15) is 131 Å². The number of aryl methyl sites for hydroxylation is 2. The highest BCUT2D eigenvalue weighted by atomic mass is 35.5. The highest BCUT2D eigenvalue weighted by Gasteiger charge is 2.50. The van der Waals surface area contributed by atoms with Gasteiger partial charge in [-0.3, -0.25) is 9.59 Å². The van der Waals surface area contributed by atoms with Crippen LogP contribution in [-0.2, 0) is 53.0 Å². The van der Waals surface area contributed by atoms with Gasteiger partial charge in [-0.1, -0.05) is 25.4 Å². The van der Waals surface area contributed by atoms with E-state index in [1.807, 2.05) is 19.2 Å². The average Bonchev–Trinajstić information content (AvgIpc) is 1.38. The van der Waals surface area contributed by atoms with Crippen LogP contribution in [0.1, 0.15) is 77.8 Å². The monoisotopic (exact) mass is 1750 g/mol. The van der Waals surface area contributed by atoms with Crippen LogP contribution in [0.5, 0.6) is 34.5 Å². The molecule has 642 valence electrons. The third-order valence-corrected chi connectivity index (χ3v) is 27.0. The number of hydrogen-bond donors (Lipinski definition) is 5. The number of carbonyl (C=O) groups excluding carboxylic acids is 2. The minimum atomic E-state index is -4.63. The van der Waals surface area contributed by atoms with Gasteiger partial charge in [0.15, 0.2) is 24.1 Å². The van der Waals surface area contributed by atoms with Gasteiger partial charge in [-0.25, -0.2) is 55.7 Å².